The molecule has 0 saturated heterocycles. The maximum absolute atomic E-state index is 13.1. The highest BCUT2D eigenvalue weighted by molar-refractivity contribution is 7.53. The summed E-state index contributed by atoms with van der Waals surface area (Å²) in [6.45, 7) is 4.31. The summed E-state index contributed by atoms with van der Waals surface area (Å²) < 4.78 is 29.0. The van der Waals surface area contributed by atoms with Crippen LogP contribution in [-0.2, 0) is 9.09 Å². The molecule has 0 fully saturated rings. The molecule has 16 heavy (non-hydrogen) atoms. The van der Waals surface area contributed by atoms with Crippen molar-refractivity contribution in [2.24, 2.45) is 0 Å². The van der Waals surface area contributed by atoms with E-state index in [0.29, 0.717) is 13.0 Å². The summed E-state index contributed by atoms with van der Waals surface area (Å²) in [5, 5.41) is 0. The van der Waals surface area contributed by atoms with Gasteiger partial charge in [0.15, 0.2) is 0 Å². The predicted molar refractivity (Wildman–Crippen MR) is 67.8 cm³/mol. The molecule has 0 aliphatic heterocycles. The van der Waals surface area contributed by atoms with Crippen molar-refractivity contribution in [2.45, 2.75) is 65.2 Å². The maximum atomic E-state index is 13.1. The largest absolute Gasteiger partial charge is 0.367 e. The lowest BCUT2D eigenvalue weighted by molar-refractivity contribution is 0.277. The van der Waals surface area contributed by atoms with Crippen molar-refractivity contribution in [1.29, 1.82) is 0 Å². The fraction of sp³-hybridized carbons (Fsp3) is 1.00. The molecule has 2 nitrogen and oxygen atoms in total. The monoisotopic (exact) mass is 252 g/mol. The smallest absolute Gasteiger partial charge is 0.306 e. The van der Waals surface area contributed by atoms with E-state index in [2.05, 4.69) is 6.92 Å². The zero-order valence-corrected chi connectivity index (χ0v) is 11.6. The molecule has 0 bridgehead atoms. The van der Waals surface area contributed by atoms with Crippen molar-refractivity contribution in [3.05, 3.63) is 0 Å². The lowest BCUT2D eigenvalue weighted by Gasteiger charge is -2.08. The van der Waals surface area contributed by atoms with Crippen LogP contribution in [0.1, 0.15) is 65.2 Å². The Morgan fingerprint density at radius 2 is 1.50 bits per heavy atom. The molecule has 0 aliphatic carbocycles. The van der Waals surface area contributed by atoms with Crippen LogP contribution in [0.5, 0.6) is 0 Å². The van der Waals surface area contributed by atoms with Gasteiger partial charge in [0.2, 0.25) is 0 Å². The van der Waals surface area contributed by atoms with Gasteiger partial charge in [0, 0.05) is 0 Å². The van der Waals surface area contributed by atoms with E-state index < -0.39 is 7.68 Å². The first-order valence-corrected chi connectivity index (χ1v) is 8.25. The lowest BCUT2D eigenvalue weighted by Crippen LogP contribution is -1.93. The van der Waals surface area contributed by atoms with Crippen LogP contribution >= 0.6 is 7.68 Å². The minimum atomic E-state index is -3.76. The summed E-state index contributed by atoms with van der Waals surface area (Å²) in [7, 11) is -3.76. The molecule has 0 aliphatic rings. The van der Waals surface area contributed by atoms with Crippen LogP contribution < -0.4 is 0 Å². The third-order valence-corrected chi connectivity index (χ3v) is 4.07. The van der Waals surface area contributed by atoms with Crippen LogP contribution in [0.3, 0.4) is 0 Å². The first-order chi connectivity index (χ1) is 7.62. The Morgan fingerprint density at radius 1 is 0.938 bits per heavy atom. The van der Waals surface area contributed by atoms with E-state index in [4.69, 9.17) is 4.52 Å². The van der Waals surface area contributed by atoms with Gasteiger partial charge >= 0.3 is 7.68 Å². The second kappa shape index (κ2) is 10.3. The van der Waals surface area contributed by atoms with Gasteiger partial charge in [0.25, 0.3) is 0 Å². The van der Waals surface area contributed by atoms with Crippen LogP contribution in [-0.4, -0.2) is 12.8 Å². The van der Waals surface area contributed by atoms with Crippen molar-refractivity contribution < 1.29 is 13.3 Å². The van der Waals surface area contributed by atoms with E-state index in [1.54, 1.807) is 0 Å². The Labute approximate surface area is 99.5 Å². The van der Waals surface area contributed by atoms with Gasteiger partial charge in [-0.3, -0.25) is 4.57 Å². The number of halogens is 1. The zero-order chi connectivity index (χ0) is 12.3. The molecular weight excluding hydrogens is 226 g/mol. The first kappa shape index (κ1) is 16.1. The Kier molecular flexibility index (Phi) is 10.4. The molecule has 1 atom stereocenters. The predicted octanol–water partition coefficient (Wildman–Crippen LogP) is 5.33. The SMILES string of the molecule is CCCCCCCCCOP(=O)(F)CCC. The van der Waals surface area contributed by atoms with E-state index in [1.807, 2.05) is 6.92 Å². The number of unbranched alkanes of at least 4 members (excludes halogenated alkanes) is 6. The minimum Gasteiger partial charge on any atom is -0.306 e. The quantitative estimate of drug-likeness (QED) is 0.367. The van der Waals surface area contributed by atoms with Crippen molar-refractivity contribution in [3.8, 4) is 0 Å². The van der Waals surface area contributed by atoms with Gasteiger partial charge in [-0.15, -0.1) is 0 Å². The van der Waals surface area contributed by atoms with Gasteiger partial charge in [-0.25, -0.2) is 0 Å². The van der Waals surface area contributed by atoms with Gasteiger partial charge in [0.05, 0.1) is 12.8 Å². The molecule has 0 rings (SSSR count). The highest BCUT2D eigenvalue weighted by atomic mass is 31.2. The Balaban J connectivity index is 3.23. The molecule has 0 spiro atoms. The van der Waals surface area contributed by atoms with Crippen LogP contribution in [0.2, 0.25) is 0 Å². The maximum Gasteiger partial charge on any atom is 0.367 e. The third-order valence-electron chi connectivity index (χ3n) is 2.52. The zero-order valence-electron chi connectivity index (χ0n) is 10.7. The average Bonchev–Trinajstić information content (AvgIpc) is 2.22. The van der Waals surface area contributed by atoms with Crippen LogP contribution in [0.4, 0.5) is 4.20 Å². The summed E-state index contributed by atoms with van der Waals surface area (Å²) in [6, 6.07) is 0. The fourth-order valence-corrected chi connectivity index (χ4v) is 2.66. The van der Waals surface area contributed by atoms with E-state index in [-0.39, 0.29) is 6.16 Å². The second-order valence-electron chi connectivity index (χ2n) is 4.27. The Bertz CT molecular complexity index is 197. The molecule has 4 heteroatoms. The number of rotatable bonds is 11. The van der Waals surface area contributed by atoms with Crippen molar-refractivity contribution in [1.82, 2.24) is 0 Å². The van der Waals surface area contributed by atoms with Gasteiger partial charge in [-0.1, -0.05) is 52.4 Å². The van der Waals surface area contributed by atoms with E-state index in [0.717, 1.165) is 12.8 Å². The summed E-state index contributed by atoms with van der Waals surface area (Å²) in [6.07, 6.45) is 8.77. The molecule has 0 aromatic carbocycles. The van der Waals surface area contributed by atoms with Crippen LogP contribution in [0.25, 0.3) is 0 Å². The van der Waals surface area contributed by atoms with Crippen LogP contribution in [0, 0.1) is 0 Å². The summed E-state index contributed by atoms with van der Waals surface area (Å²) in [5.74, 6) is 0. The van der Waals surface area contributed by atoms with E-state index >= 15 is 0 Å². The highest BCUT2D eigenvalue weighted by Gasteiger charge is 2.19. The standard InChI is InChI=1S/C12H26FO2P/c1-3-5-6-7-8-9-10-11-15-16(13,14)12-4-2/h3-12H2,1-2H3. The molecular formula is C12H26FO2P. The summed E-state index contributed by atoms with van der Waals surface area (Å²) in [5.41, 5.74) is 0. The highest BCUT2D eigenvalue weighted by Crippen LogP contribution is 2.49. The van der Waals surface area contributed by atoms with Crippen LogP contribution in [0.15, 0.2) is 0 Å². The fourth-order valence-electron chi connectivity index (χ4n) is 1.59. The first-order valence-electron chi connectivity index (χ1n) is 6.55. The number of hydrogen-bond donors (Lipinski definition) is 0. The Hall–Kier alpha value is 0.120. The van der Waals surface area contributed by atoms with Gasteiger partial charge in [-0.05, 0) is 12.8 Å². The molecule has 0 amide bonds. The molecule has 0 aromatic rings. The normalized spacial score (nSPS) is 14.9. The summed E-state index contributed by atoms with van der Waals surface area (Å²) >= 11 is 0. The van der Waals surface area contributed by atoms with Crippen molar-refractivity contribution in [3.63, 3.8) is 0 Å². The molecule has 1 unspecified atom stereocenters. The van der Waals surface area contributed by atoms with Gasteiger partial charge < -0.3 is 4.52 Å². The number of hydrogen-bond acceptors (Lipinski definition) is 2. The third kappa shape index (κ3) is 10.6. The molecule has 0 radical (unpaired) electrons. The van der Waals surface area contributed by atoms with Crippen molar-refractivity contribution in [2.75, 3.05) is 12.8 Å². The average molecular weight is 252 g/mol. The molecule has 0 N–H and O–H groups in total. The van der Waals surface area contributed by atoms with Gasteiger partial charge in [-0.2, -0.15) is 4.20 Å². The molecule has 0 heterocycles. The van der Waals surface area contributed by atoms with E-state index in [9.17, 15) is 8.76 Å². The Morgan fingerprint density at radius 3 is 2.06 bits per heavy atom. The van der Waals surface area contributed by atoms with Crippen molar-refractivity contribution >= 4 is 7.68 Å². The second-order valence-corrected chi connectivity index (χ2v) is 6.15. The molecule has 98 valence electrons. The lowest BCUT2D eigenvalue weighted by atomic mass is 10.1. The van der Waals surface area contributed by atoms with E-state index in [1.165, 1.54) is 32.1 Å². The topological polar surface area (TPSA) is 26.3 Å². The molecule has 0 aromatic heterocycles. The summed E-state index contributed by atoms with van der Waals surface area (Å²) in [4.78, 5) is 0. The minimum absolute atomic E-state index is 0.0590. The molecule has 0 saturated carbocycles. The van der Waals surface area contributed by atoms with Gasteiger partial charge in [0.1, 0.15) is 0 Å².